The van der Waals surface area contributed by atoms with Gasteiger partial charge in [-0.25, -0.2) is 0 Å². The number of nitrogens with zero attached hydrogens (tertiary/aromatic N) is 3. The zero-order valence-electron chi connectivity index (χ0n) is 17.5. The van der Waals surface area contributed by atoms with E-state index in [2.05, 4.69) is 30.4 Å². The molecule has 7 nitrogen and oxygen atoms in total. The van der Waals surface area contributed by atoms with Gasteiger partial charge in [0.1, 0.15) is 5.82 Å². The smallest absolute Gasteiger partial charge is 0.314 e. The minimum absolute atomic E-state index is 0.0177. The number of aromatic nitrogens is 2. The molecule has 1 aromatic heterocycles. The molecule has 0 unspecified atom stereocenters. The van der Waals surface area contributed by atoms with E-state index in [-0.39, 0.29) is 23.4 Å². The summed E-state index contributed by atoms with van der Waals surface area (Å²) in [6.07, 6.45) is 2.83. The number of hydrogen-bond donors (Lipinski definition) is 1. The van der Waals surface area contributed by atoms with Crippen LogP contribution < -0.4 is 5.32 Å². The van der Waals surface area contributed by atoms with E-state index in [9.17, 15) is 14.4 Å². The van der Waals surface area contributed by atoms with Crippen molar-refractivity contribution < 1.29 is 14.4 Å². The van der Waals surface area contributed by atoms with E-state index < -0.39 is 19.0 Å². The Bertz CT molecular complexity index is 858. The van der Waals surface area contributed by atoms with Crippen LogP contribution in [-0.4, -0.2) is 39.9 Å². The Morgan fingerprint density at radius 3 is 2.29 bits per heavy atom. The van der Waals surface area contributed by atoms with Crippen LogP contribution in [0.1, 0.15) is 63.0 Å². The van der Waals surface area contributed by atoms with Gasteiger partial charge in [0.2, 0.25) is 11.8 Å². The molecule has 0 aromatic carbocycles. The topological polar surface area (TPSA) is 84.3 Å². The van der Waals surface area contributed by atoms with E-state index in [1.807, 2.05) is 13.8 Å². The van der Waals surface area contributed by atoms with Crippen molar-refractivity contribution in [2.45, 2.75) is 83.2 Å². The summed E-state index contributed by atoms with van der Waals surface area (Å²) < 4.78 is 1.26. The largest absolute Gasteiger partial charge is 0.317 e. The lowest BCUT2D eigenvalue weighted by Crippen LogP contribution is -2.53. The summed E-state index contributed by atoms with van der Waals surface area (Å²) in [5, 5.41) is 6.59. The van der Waals surface area contributed by atoms with Crippen LogP contribution >= 0.6 is 11.6 Å². The third kappa shape index (κ3) is 2.84. The summed E-state index contributed by atoms with van der Waals surface area (Å²) in [5.74, 6) is 0.0861. The average Bonchev–Trinajstić information content (AvgIpc) is 3.01. The van der Waals surface area contributed by atoms with Gasteiger partial charge in [0.25, 0.3) is 0 Å². The first-order valence-electron chi connectivity index (χ1n) is 9.81. The lowest BCUT2D eigenvalue weighted by molar-refractivity contribution is -0.121. The molecule has 1 aliphatic carbocycles. The second kappa shape index (κ2) is 6.69. The van der Waals surface area contributed by atoms with Gasteiger partial charge in [-0.3, -0.25) is 14.4 Å². The molecule has 2 amide bonds. The van der Waals surface area contributed by atoms with Crippen LogP contribution in [0.15, 0.2) is 0 Å². The molecule has 1 saturated carbocycles. The monoisotopic (exact) mass is 424 g/mol. The maximum Gasteiger partial charge on any atom is 0.317 e. The normalized spacial score (nSPS) is 19.8. The number of nitrogens with one attached hydrogen (secondary N) is 1. The minimum atomic E-state index is -1.78. The standard InChI is InChI=1S/C19H29ClN4O3Si/c1-7-28(5,6)19(9-8-10-19)16(26)21-15-13-11-23(17(20)27)18(3,4)14(13)22-24(15)12(2)25/h7-11H2,1-6H3,(H,21,26). The highest BCUT2D eigenvalue weighted by molar-refractivity contribution is 6.84. The van der Waals surface area contributed by atoms with Gasteiger partial charge in [-0.15, -0.1) is 0 Å². The van der Waals surface area contributed by atoms with Crippen LogP contribution in [0, 0.1) is 0 Å². The molecule has 3 rings (SSSR count). The molecule has 2 aliphatic rings. The first-order chi connectivity index (χ1) is 12.9. The average molecular weight is 425 g/mol. The molecule has 0 bridgehead atoms. The van der Waals surface area contributed by atoms with Crippen molar-refractivity contribution >= 4 is 42.7 Å². The van der Waals surface area contributed by atoms with Crippen molar-refractivity contribution in [3.8, 4) is 0 Å². The van der Waals surface area contributed by atoms with Crippen molar-refractivity contribution in [3.63, 3.8) is 0 Å². The first kappa shape index (κ1) is 21.0. The fourth-order valence-electron chi connectivity index (χ4n) is 4.52. The van der Waals surface area contributed by atoms with Gasteiger partial charge >= 0.3 is 5.37 Å². The fourth-order valence-corrected chi connectivity index (χ4v) is 7.85. The van der Waals surface area contributed by atoms with E-state index in [1.54, 1.807) is 0 Å². The molecule has 1 N–H and O–H groups in total. The third-order valence-electron chi connectivity index (χ3n) is 7.12. The molecule has 28 heavy (non-hydrogen) atoms. The second-order valence-corrected chi connectivity index (χ2v) is 14.9. The van der Waals surface area contributed by atoms with Crippen molar-refractivity contribution in [2.24, 2.45) is 0 Å². The predicted molar refractivity (Wildman–Crippen MR) is 111 cm³/mol. The second-order valence-electron chi connectivity index (χ2n) is 9.13. The molecular weight excluding hydrogens is 396 g/mol. The van der Waals surface area contributed by atoms with E-state index in [4.69, 9.17) is 11.6 Å². The number of anilines is 1. The van der Waals surface area contributed by atoms with Crippen LogP contribution in [0.25, 0.3) is 0 Å². The molecular formula is C19H29ClN4O3Si. The van der Waals surface area contributed by atoms with Gasteiger partial charge < -0.3 is 10.2 Å². The van der Waals surface area contributed by atoms with Crippen molar-refractivity contribution in [1.29, 1.82) is 0 Å². The quantitative estimate of drug-likeness (QED) is 0.436. The third-order valence-corrected chi connectivity index (χ3v) is 12.4. The van der Waals surface area contributed by atoms with E-state index in [0.717, 1.165) is 25.3 Å². The Hall–Kier alpha value is -1.67. The Morgan fingerprint density at radius 2 is 1.86 bits per heavy atom. The first-order valence-corrected chi connectivity index (χ1v) is 13.4. The van der Waals surface area contributed by atoms with Crippen molar-refractivity contribution in [1.82, 2.24) is 14.7 Å². The minimum Gasteiger partial charge on any atom is -0.314 e. The maximum atomic E-state index is 13.4. The van der Waals surface area contributed by atoms with Gasteiger partial charge in [0.15, 0.2) is 0 Å². The van der Waals surface area contributed by atoms with Gasteiger partial charge in [-0.2, -0.15) is 9.78 Å². The Balaban J connectivity index is 2.03. The zero-order chi connectivity index (χ0) is 21.1. The number of amides is 2. The van der Waals surface area contributed by atoms with Crippen LogP contribution in [0.3, 0.4) is 0 Å². The zero-order valence-corrected chi connectivity index (χ0v) is 19.2. The van der Waals surface area contributed by atoms with Gasteiger partial charge in [-0.05, 0) is 38.3 Å². The van der Waals surface area contributed by atoms with Crippen LogP contribution in [-0.2, 0) is 16.9 Å². The fraction of sp³-hybridized carbons (Fsp3) is 0.684. The van der Waals surface area contributed by atoms with Gasteiger partial charge in [-0.1, -0.05) is 32.5 Å². The Labute approximate surface area is 171 Å². The molecule has 1 fully saturated rings. The molecule has 1 aromatic rings. The van der Waals surface area contributed by atoms with Crippen LogP contribution in [0.5, 0.6) is 0 Å². The summed E-state index contributed by atoms with van der Waals surface area (Å²) in [6.45, 7) is 12.0. The molecule has 0 spiro atoms. The van der Waals surface area contributed by atoms with Crippen molar-refractivity contribution in [2.75, 3.05) is 5.32 Å². The van der Waals surface area contributed by atoms with E-state index in [0.29, 0.717) is 17.1 Å². The summed E-state index contributed by atoms with van der Waals surface area (Å²) >= 11 is 5.76. The lowest BCUT2D eigenvalue weighted by Gasteiger charge is -2.50. The Kier molecular flexibility index (Phi) is 5.03. The number of rotatable bonds is 4. The molecule has 0 radical (unpaired) electrons. The number of fused-ring (bicyclic) bond motifs is 1. The highest BCUT2D eigenvalue weighted by atomic mass is 35.5. The molecule has 2 heterocycles. The number of carbonyl (C=O) groups is 3. The molecule has 1 aliphatic heterocycles. The van der Waals surface area contributed by atoms with Crippen LogP contribution in [0.2, 0.25) is 24.2 Å². The summed E-state index contributed by atoms with van der Waals surface area (Å²) in [4.78, 5) is 39.0. The molecule has 0 atom stereocenters. The SMILES string of the molecule is CC[Si](C)(C)C1(C(=O)Nc2c3c(nn2C(C)=O)C(C)(C)N(C(=O)Cl)C3)CCC1. The summed E-state index contributed by atoms with van der Waals surface area (Å²) in [7, 11) is -1.78. The maximum absolute atomic E-state index is 13.4. The van der Waals surface area contributed by atoms with Gasteiger partial charge in [0, 0.05) is 17.5 Å². The highest BCUT2D eigenvalue weighted by Gasteiger charge is 2.55. The van der Waals surface area contributed by atoms with Gasteiger partial charge in [0.05, 0.1) is 25.9 Å². The molecule has 9 heteroatoms. The molecule has 154 valence electrons. The number of carbonyl (C=O) groups excluding carboxylic acids is 3. The van der Waals surface area contributed by atoms with E-state index >= 15 is 0 Å². The van der Waals surface area contributed by atoms with Crippen molar-refractivity contribution in [3.05, 3.63) is 11.3 Å². The number of hydrogen-bond acceptors (Lipinski definition) is 4. The van der Waals surface area contributed by atoms with E-state index in [1.165, 1.54) is 16.5 Å². The highest BCUT2D eigenvalue weighted by Crippen LogP contribution is 2.57. The predicted octanol–water partition coefficient (Wildman–Crippen LogP) is 4.54. The van der Waals surface area contributed by atoms with Crippen LogP contribution in [0.4, 0.5) is 10.6 Å². The summed E-state index contributed by atoms with van der Waals surface area (Å²) in [5.41, 5.74) is 0.537. The number of halogens is 1. The Morgan fingerprint density at radius 1 is 1.25 bits per heavy atom. The summed E-state index contributed by atoms with van der Waals surface area (Å²) in [6, 6.07) is 1.02. The lowest BCUT2D eigenvalue weighted by atomic mass is 9.83. The molecule has 0 saturated heterocycles.